The van der Waals surface area contributed by atoms with E-state index in [1.807, 2.05) is 22.6 Å². The van der Waals surface area contributed by atoms with Gasteiger partial charge in [0.15, 0.2) is 0 Å². The van der Waals surface area contributed by atoms with E-state index in [1.165, 1.54) is 16.8 Å². The van der Waals surface area contributed by atoms with E-state index >= 15 is 0 Å². The van der Waals surface area contributed by atoms with Crippen LogP contribution in [0, 0.1) is 13.8 Å². The van der Waals surface area contributed by atoms with Crippen LogP contribution in [0.4, 0.5) is 0 Å². The van der Waals surface area contributed by atoms with Gasteiger partial charge in [-0.2, -0.15) is 10.2 Å². The summed E-state index contributed by atoms with van der Waals surface area (Å²) >= 11 is 0. The summed E-state index contributed by atoms with van der Waals surface area (Å²) in [6.07, 6.45) is 4.97. The van der Waals surface area contributed by atoms with Crippen molar-refractivity contribution >= 4 is 0 Å². The highest BCUT2D eigenvalue weighted by Gasteiger charge is 2.10. The molecule has 0 spiro atoms. The predicted molar refractivity (Wildman–Crippen MR) is 63.4 cm³/mol. The van der Waals surface area contributed by atoms with Crippen LogP contribution in [0.3, 0.4) is 0 Å². The van der Waals surface area contributed by atoms with Crippen LogP contribution in [0.1, 0.15) is 29.4 Å². The summed E-state index contributed by atoms with van der Waals surface area (Å²) in [6, 6.07) is 0. The molecule has 0 aromatic carbocycles. The van der Waals surface area contributed by atoms with E-state index < -0.39 is 0 Å². The van der Waals surface area contributed by atoms with Crippen LogP contribution in [0.5, 0.6) is 0 Å². The molecule has 0 aliphatic carbocycles. The molecule has 0 radical (unpaired) electrons. The van der Waals surface area contributed by atoms with E-state index in [1.54, 1.807) is 0 Å². The quantitative estimate of drug-likeness (QED) is 0.788. The second-order valence-electron chi connectivity index (χ2n) is 4.15. The topological polar surface area (TPSA) is 35.6 Å². The minimum Gasteiger partial charge on any atom is -0.273 e. The Balaban J connectivity index is 2.26. The van der Waals surface area contributed by atoms with Crippen molar-refractivity contribution in [2.45, 2.75) is 33.7 Å². The summed E-state index contributed by atoms with van der Waals surface area (Å²) in [5.74, 6) is 0. The summed E-state index contributed by atoms with van der Waals surface area (Å²) in [7, 11) is 1.99. The molecule has 2 rings (SSSR count). The summed E-state index contributed by atoms with van der Waals surface area (Å²) in [5, 5.41) is 8.71. The van der Waals surface area contributed by atoms with Gasteiger partial charge in [-0.15, -0.1) is 0 Å². The predicted octanol–water partition coefficient (Wildman–Crippen LogP) is 1.84. The van der Waals surface area contributed by atoms with Gasteiger partial charge in [-0.3, -0.25) is 9.36 Å². The molecule has 2 aromatic heterocycles. The number of hydrogen-bond donors (Lipinski definition) is 0. The largest absolute Gasteiger partial charge is 0.273 e. The molecule has 0 aliphatic rings. The third-order valence-electron chi connectivity index (χ3n) is 3.05. The molecule has 0 N–H and O–H groups in total. The van der Waals surface area contributed by atoms with Crippen LogP contribution in [-0.4, -0.2) is 19.6 Å². The van der Waals surface area contributed by atoms with E-state index in [0.29, 0.717) is 0 Å². The molecule has 4 nitrogen and oxygen atoms in total. The van der Waals surface area contributed by atoms with Crippen LogP contribution in [0.25, 0.3) is 0 Å². The van der Waals surface area contributed by atoms with E-state index in [2.05, 4.69) is 37.2 Å². The molecule has 0 saturated carbocycles. The van der Waals surface area contributed by atoms with Crippen molar-refractivity contribution in [3.05, 3.63) is 34.9 Å². The summed E-state index contributed by atoms with van der Waals surface area (Å²) in [5.41, 5.74) is 4.92. The first-order chi connectivity index (χ1) is 7.61. The van der Waals surface area contributed by atoms with Gasteiger partial charge in [0.25, 0.3) is 0 Å². The van der Waals surface area contributed by atoms with E-state index in [-0.39, 0.29) is 0 Å². The van der Waals surface area contributed by atoms with Crippen molar-refractivity contribution in [1.29, 1.82) is 0 Å². The first kappa shape index (κ1) is 10.9. The standard InChI is InChI=1S/C12H18N4/c1-5-16-8-11(7-13-16)6-12-9(2)14-15(4)10(12)3/h7-8H,5-6H2,1-4H3. The number of hydrogen-bond acceptors (Lipinski definition) is 2. The fraction of sp³-hybridized carbons (Fsp3) is 0.500. The lowest BCUT2D eigenvalue weighted by Gasteiger charge is -1.99. The molecule has 0 aliphatic heterocycles. The first-order valence-corrected chi connectivity index (χ1v) is 5.62. The van der Waals surface area contributed by atoms with Crippen molar-refractivity contribution in [3.63, 3.8) is 0 Å². The molecular weight excluding hydrogens is 200 g/mol. The molecule has 0 fully saturated rings. The number of aromatic nitrogens is 4. The van der Waals surface area contributed by atoms with Crippen LogP contribution in [-0.2, 0) is 20.0 Å². The smallest absolute Gasteiger partial charge is 0.0631 e. The van der Waals surface area contributed by atoms with Gasteiger partial charge in [-0.05, 0) is 26.3 Å². The van der Waals surface area contributed by atoms with Crippen LogP contribution in [0.15, 0.2) is 12.4 Å². The second kappa shape index (κ2) is 4.12. The Labute approximate surface area is 95.9 Å². The average Bonchev–Trinajstić information content (AvgIpc) is 2.80. The van der Waals surface area contributed by atoms with Crippen molar-refractivity contribution in [2.75, 3.05) is 0 Å². The van der Waals surface area contributed by atoms with Crippen LogP contribution in [0.2, 0.25) is 0 Å². The molecule has 2 aromatic rings. The molecule has 0 saturated heterocycles. The highest BCUT2D eigenvalue weighted by molar-refractivity contribution is 5.29. The SMILES string of the molecule is CCn1cc(Cc2c(C)nn(C)c2C)cn1. The fourth-order valence-corrected chi connectivity index (χ4v) is 1.95. The highest BCUT2D eigenvalue weighted by atomic mass is 15.3. The zero-order valence-corrected chi connectivity index (χ0v) is 10.4. The van der Waals surface area contributed by atoms with Crippen molar-refractivity contribution in [2.24, 2.45) is 7.05 Å². The third-order valence-corrected chi connectivity index (χ3v) is 3.05. The van der Waals surface area contributed by atoms with E-state index in [9.17, 15) is 0 Å². The van der Waals surface area contributed by atoms with Gasteiger partial charge >= 0.3 is 0 Å². The van der Waals surface area contributed by atoms with Crippen LogP contribution < -0.4 is 0 Å². The van der Waals surface area contributed by atoms with Gasteiger partial charge in [0.2, 0.25) is 0 Å². The summed E-state index contributed by atoms with van der Waals surface area (Å²) < 4.78 is 3.89. The Hall–Kier alpha value is -1.58. The normalized spacial score (nSPS) is 11.0. The van der Waals surface area contributed by atoms with Gasteiger partial charge in [0.1, 0.15) is 0 Å². The van der Waals surface area contributed by atoms with E-state index in [4.69, 9.17) is 0 Å². The number of rotatable bonds is 3. The van der Waals surface area contributed by atoms with Gasteiger partial charge in [0, 0.05) is 37.5 Å². The Morgan fingerprint density at radius 2 is 2.06 bits per heavy atom. The molecule has 0 amide bonds. The number of nitrogens with zero attached hydrogens (tertiary/aromatic N) is 4. The highest BCUT2D eigenvalue weighted by Crippen LogP contribution is 2.16. The van der Waals surface area contributed by atoms with Gasteiger partial charge in [0.05, 0.1) is 11.9 Å². The molecular formula is C12H18N4. The maximum absolute atomic E-state index is 4.42. The van der Waals surface area contributed by atoms with Gasteiger partial charge < -0.3 is 0 Å². The monoisotopic (exact) mass is 218 g/mol. The zero-order valence-electron chi connectivity index (χ0n) is 10.4. The van der Waals surface area contributed by atoms with Crippen molar-refractivity contribution in [3.8, 4) is 0 Å². The van der Waals surface area contributed by atoms with E-state index in [0.717, 1.165) is 18.7 Å². The second-order valence-corrected chi connectivity index (χ2v) is 4.15. The third kappa shape index (κ3) is 1.87. The van der Waals surface area contributed by atoms with Crippen molar-refractivity contribution < 1.29 is 0 Å². The molecule has 4 heteroatoms. The lowest BCUT2D eigenvalue weighted by Crippen LogP contribution is -1.95. The average molecular weight is 218 g/mol. The van der Waals surface area contributed by atoms with Gasteiger partial charge in [-0.25, -0.2) is 0 Å². The molecule has 0 unspecified atom stereocenters. The summed E-state index contributed by atoms with van der Waals surface area (Å²) in [4.78, 5) is 0. The summed E-state index contributed by atoms with van der Waals surface area (Å²) in [6.45, 7) is 7.19. The lowest BCUT2D eigenvalue weighted by atomic mass is 10.1. The molecule has 0 bridgehead atoms. The Morgan fingerprint density at radius 1 is 1.31 bits per heavy atom. The number of aryl methyl sites for hydroxylation is 3. The first-order valence-electron chi connectivity index (χ1n) is 5.62. The Morgan fingerprint density at radius 3 is 2.56 bits per heavy atom. The molecule has 16 heavy (non-hydrogen) atoms. The van der Waals surface area contributed by atoms with Crippen LogP contribution >= 0.6 is 0 Å². The zero-order chi connectivity index (χ0) is 11.7. The van der Waals surface area contributed by atoms with Crippen molar-refractivity contribution in [1.82, 2.24) is 19.6 Å². The molecule has 2 heterocycles. The minimum absolute atomic E-state index is 0.922. The fourth-order valence-electron chi connectivity index (χ4n) is 1.95. The Kier molecular flexibility index (Phi) is 2.81. The Bertz CT molecular complexity index is 493. The molecule has 86 valence electrons. The minimum atomic E-state index is 0.922. The maximum Gasteiger partial charge on any atom is 0.0631 e. The molecule has 0 atom stereocenters. The lowest BCUT2D eigenvalue weighted by molar-refractivity contribution is 0.659. The van der Waals surface area contributed by atoms with Gasteiger partial charge in [-0.1, -0.05) is 0 Å². The maximum atomic E-state index is 4.42.